The Balaban J connectivity index is 4.62. The molecule has 18 heteroatoms. The minimum Gasteiger partial charge on any atom is -0.463 e. The lowest BCUT2D eigenvalue weighted by Crippen LogP contribution is -2.30. The summed E-state index contributed by atoms with van der Waals surface area (Å²) in [6, 6.07) is 0. The van der Waals surface area contributed by atoms with Gasteiger partial charge in [0.25, 0.3) is 0 Å². The predicted molar refractivity (Wildman–Crippen MR) is 417 cm³/mol. The molecule has 0 aromatic carbocycles. The molecule has 101 heavy (non-hydrogen) atoms. The van der Waals surface area contributed by atoms with Crippen LogP contribution in [0.1, 0.15) is 278 Å². The Hall–Kier alpha value is -5.09. The maximum Gasteiger partial charge on any atom is 0.472 e. The molecular weight excluding hydrogens is 1310 g/mol. The number of phosphoric acid groups is 2. The van der Waals surface area contributed by atoms with Gasteiger partial charge < -0.3 is 34.2 Å². The van der Waals surface area contributed by atoms with Gasteiger partial charge in [-0.15, -0.1) is 0 Å². The third-order valence-corrected chi connectivity index (χ3v) is 17.3. The van der Waals surface area contributed by atoms with Gasteiger partial charge in [0.15, 0.2) is 6.10 Å². The van der Waals surface area contributed by atoms with Crippen LogP contribution in [0, 0.1) is 0 Å². The van der Waals surface area contributed by atoms with Gasteiger partial charge in [-0.05, 0) is 148 Å². The van der Waals surface area contributed by atoms with E-state index >= 15 is 0 Å². The Morgan fingerprint density at radius 3 is 0.861 bits per heavy atom. The molecule has 0 bridgehead atoms. The zero-order valence-corrected chi connectivity index (χ0v) is 64.3. The molecule has 0 aromatic rings. The average molecular weight is 1450 g/mol. The molecule has 0 saturated heterocycles. The van der Waals surface area contributed by atoms with E-state index in [1.807, 2.05) is 12.2 Å². The molecule has 0 rings (SSSR count). The molecule has 0 aliphatic rings. The molecule has 0 radical (unpaired) electrons. The molecule has 0 heterocycles. The topological polar surface area (TPSA) is 231 Å². The van der Waals surface area contributed by atoms with Gasteiger partial charge >= 0.3 is 33.6 Å². The van der Waals surface area contributed by atoms with Crippen LogP contribution in [0.25, 0.3) is 0 Å². The largest absolute Gasteiger partial charge is 0.472 e. The number of phosphoric ester groups is 2. The summed E-state index contributed by atoms with van der Waals surface area (Å²) in [6.45, 7) is 2.32. The van der Waals surface area contributed by atoms with Gasteiger partial charge in [0, 0.05) is 19.3 Å². The average Bonchev–Trinajstić information content (AvgIpc) is 1.06. The summed E-state index contributed by atoms with van der Waals surface area (Å²) in [6.07, 6.45) is 94.1. The Bertz CT molecular complexity index is 2520. The van der Waals surface area contributed by atoms with Crippen molar-refractivity contribution in [1.82, 2.24) is 0 Å². The Kier molecular flexibility index (Phi) is 70.9. The molecule has 0 spiro atoms. The number of ether oxygens (including phenoxy) is 3. The fraction of sp³-hybridized carbons (Fsp3) is 0.627. The van der Waals surface area contributed by atoms with Gasteiger partial charge in [0.05, 0.1) is 26.4 Å². The van der Waals surface area contributed by atoms with Crippen molar-refractivity contribution in [2.24, 2.45) is 0 Å². The highest BCUT2D eigenvalue weighted by Crippen LogP contribution is 2.45. The van der Waals surface area contributed by atoms with E-state index in [1.54, 1.807) is 0 Å². The van der Waals surface area contributed by atoms with Crippen molar-refractivity contribution >= 4 is 33.6 Å². The molecule has 5 unspecified atom stereocenters. The van der Waals surface area contributed by atoms with Gasteiger partial charge in [0.2, 0.25) is 0 Å². The van der Waals surface area contributed by atoms with E-state index in [4.69, 9.17) is 32.3 Å². The maximum absolute atomic E-state index is 12.9. The standard InChI is InChI=1S/C83H136O16P2/c1-4-7-10-13-16-19-22-25-28-31-33-34-35-36-37-38-39-40-41-42-44-47-48-51-54-57-60-63-66-69-81(86)93-72-78(84)73-95-100(89,90)96-74-79(85)75-97-101(91,92)98-77-80(99-83(88)71-68-65-62-59-56-53-50-45-30-27-24-21-18-15-12-9-6-3)76-94-82(87)70-67-64-61-58-55-52-49-46-43-32-29-26-23-20-17-14-11-8-5-2/h7,9-10,12,16-21,25-30,33-34,36-37,39-40,43,46,50,53,59,62,78-80,84-85H,4-6,8,11,13-15,22-24,31-32,35,38,41-42,44-45,47-49,51-52,54-58,60-61,63-77H2,1-3H3,(H,89,90)(H,91,92)/b10-7-,12-9-,19-16-,20-17-,21-18-,28-25-,29-26-,30-27-,34-33-,37-36-,40-39-,46-43-,53-50-,62-59-. The number of carbonyl (C=O) groups excluding carboxylic acids is 3. The van der Waals surface area contributed by atoms with E-state index in [0.29, 0.717) is 25.7 Å². The number of aliphatic hydroxyl groups excluding tert-OH is 2. The number of aliphatic hydroxyl groups is 2. The summed E-state index contributed by atoms with van der Waals surface area (Å²) in [5.74, 6) is -1.67. The first kappa shape index (κ1) is 95.9. The van der Waals surface area contributed by atoms with E-state index in [9.17, 15) is 43.5 Å². The molecule has 0 aromatic heterocycles. The lowest BCUT2D eigenvalue weighted by molar-refractivity contribution is -0.161. The van der Waals surface area contributed by atoms with Crippen LogP contribution in [0.4, 0.5) is 0 Å². The Morgan fingerprint density at radius 1 is 0.287 bits per heavy atom. The van der Waals surface area contributed by atoms with Crippen molar-refractivity contribution in [3.63, 3.8) is 0 Å². The lowest BCUT2D eigenvalue weighted by atomic mass is 10.1. The number of hydrogen-bond donors (Lipinski definition) is 4. The summed E-state index contributed by atoms with van der Waals surface area (Å²) >= 11 is 0. The van der Waals surface area contributed by atoms with Gasteiger partial charge in [-0.2, -0.15) is 0 Å². The lowest BCUT2D eigenvalue weighted by Gasteiger charge is -2.21. The first-order valence-corrected chi connectivity index (χ1v) is 41.4. The minimum absolute atomic E-state index is 0.0178. The highest BCUT2D eigenvalue weighted by molar-refractivity contribution is 7.47. The second kappa shape index (κ2) is 74.6. The van der Waals surface area contributed by atoms with Crippen molar-refractivity contribution in [2.45, 2.75) is 296 Å². The van der Waals surface area contributed by atoms with Crippen molar-refractivity contribution in [2.75, 3.05) is 39.6 Å². The zero-order valence-electron chi connectivity index (χ0n) is 62.5. The number of rotatable bonds is 71. The molecule has 16 nitrogen and oxygen atoms in total. The fourth-order valence-corrected chi connectivity index (χ4v) is 11.2. The molecule has 0 fully saturated rings. The van der Waals surface area contributed by atoms with E-state index in [-0.39, 0.29) is 19.3 Å². The van der Waals surface area contributed by atoms with Crippen LogP contribution in [0.5, 0.6) is 0 Å². The SMILES string of the molecule is CC/C=C\C/C=C\C/C=C\C/C=C\C/C=C\C/C=C\CCCCCCCCCCCCC(=O)OCC(O)COP(=O)(O)OCC(O)COP(=O)(O)OCC(COC(=O)CCCCCCCC/C=C\C/C=C\C/C=C\CCCCC)OC(=O)CCC/C=C\C/C=C\C/C=C\C/C=C\C/C=C\CC. The summed E-state index contributed by atoms with van der Waals surface area (Å²) in [5, 5.41) is 20.6. The second-order valence-corrected chi connectivity index (χ2v) is 27.9. The molecule has 0 aliphatic heterocycles. The van der Waals surface area contributed by atoms with Crippen molar-refractivity contribution in [3.8, 4) is 0 Å². The molecular formula is C83H136O16P2. The number of allylic oxidation sites excluding steroid dienone is 28. The zero-order chi connectivity index (χ0) is 73.7. The third kappa shape index (κ3) is 75.9. The Labute approximate surface area is 612 Å². The summed E-state index contributed by atoms with van der Waals surface area (Å²) < 4.78 is 61.0. The second-order valence-electron chi connectivity index (χ2n) is 25.0. The molecule has 0 amide bonds. The summed E-state index contributed by atoms with van der Waals surface area (Å²) in [7, 11) is -9.82. The number of esters is 3. The van der Waals surface area contributed by atoms with Crippen molar-refractivity contribution < 1.29 is 75.8 Å². The first-order chi connectivity index (χ1) is 49.2. The predicted octanol–water partition coefficient (Wildman–Crippen LogP) is 22.4. The van der Waals surface area contributed by atoms with Gasteiger partial charge in [-0.1, -0.05) is 281 Å². The maximum atomic E-state index is 12.9. The highest BCUT2D eigenvalue weighted by Gasteiger charge is 2.29. The van der Waals surface area contributed by atoms with Crippen LogP contribution in [0.2, 0.25) is 0 Å². The van der Waals surface area contributed by atoms with Gasteiger partial charge in [0.1, 0.15) is 25.4 Å². The van der Waals surface area contributed by atoms with Crippen LogP contribution in [-0.2, 0) is 55.8 Å². The molecule has 574 valence electrons. The molecule has 5 atom stereocenters. The van der Waals surface area contributed by atoms with Crippen LogP contribution in [-0.4, -0.2) is 95.9 Å². The van der Waals surface area contributed by atoms with E-state index in [0.717, 1.165) is 161 Å². The minimum atomic E-state index is -4.95. The van der Waals surface area contributed by atoms with Crippen molar-refractivity contribution in [1.29, 1.82) is 0 Å². The number of unbranched alkanes of at least 4 members (excludes halogenated alkanes) is 20. The molecule has 0 aliphatic carbocycles. The van der Waals surface area contributed by atoms with Gasteiger partial charge in [-0.25, -0.2) is 9.13 Å². The fourth-order valence-electron chi connectivity index (χ4n) is 9.62. The quantitative estimate of drug-likeness (QED) is 0.0146. The first-order valence-electron chi connectivity index (χ1n) is 38.4. The summed E-state index contributed by atoms with van der Waals surface area (Å²) in [5.41, 5.74) is 0. The molecule has 4 N–H and O–H groups in total. The van der Waals surface area contributed by atoms with E-state index in [2.05, 4.69) is 179 Å². The smallest absolute Gasteiger partial charge is 0.463 e. The van der Waals surface area contributed by atoms with Crippen LogP contribution in [0.3, 0.4) is 0 Å². The molecule has 0 saturated carbocycles. The third-order valence-electron chi connectivity index (χ3n) is 15.4. The van der Waals surface area contributed by atoms with Gasteiger partial charge in [-0.3, -0.25) is 32.5 Å². The van der Waals surface area contributed by atoms with Crippen LogP contribution in [0.15, 0.2) is 170 Å². The van der Waals surface area contributed by atoms with Crippen LogP contribution >= 0.6 is 15.6 Å². The van der Waals surface area contributed by atoms with Crippen LogP contribution < -0.4 is 0 Å². The Morgan fingerprint density at radius 2 is 0.535 bits per heavy atom. The normalized spacial score (nSPS) is 15.0. The highest BCUT2D eigenvalue weighted by atomic mass is 31.2. The van der Waals surface area contributed by atoms with Crippen molar-refractivity contribution in [3.05, 3.63) is 170 Å². The van der Waals surface area contributed by atoms with E-state index in [1.165, 1.54) is 51.4 Å². The number of hydrogen-bond acceptors (Lipinski definition) is 14. The monoisotopic (exact) mass is 1450 g/mol. The number of carbonyl (C=O) groups is 3. The van der Waals surface area contributed by atoms with E-state index < -0.39 is 91.5 Å². The summed E-state index contributed by atoms with van der Waals surface area (Å²) in [4.78, 5) is 58.6.